The monoisotopic (exact) mass is 262 g/mol. The molecule has 1 aromatic heterocycles. The lowest BCUT2D eigenvalue weighted by Gasteiger charge is -2.12. The molecule has 0 spiro atoms. The molecule has 2 rings (SSSR count). The summed E-state index contributed by atoms with van der Waals surface area (Å²) in [5.41, 5.74) is 2.94. The largest absolute Gasteiger partial charge is 0.483 e. The topological polar surface area (TPSA) is 55.1 Å². The first kappa shape index (κ1) is 12.8. The van der Waals surface area contributed by atoms with Crippen LogP contribution in [0.1, 0.15) is 30.2 Å². The van der Waals surface area contributed by atoms with Crippen molar-refractivity contribution in [3.05, 3.63) is 22.9 Å². The Morgan fingerprint density at radius 1 is 1.56 bits per heavy atom. The fourth-order valence-corrected chi connectivity index (χ4v) is 2.28. The number of thiocarbonyl (C=S) groups is 1. The van der Waals surface area contributed by atoms with Gasteiger partial charge in [0, 0.05) is 5.69 Å². The van der Waals surface area contributed by atoms with Crippen LogP contribution in [-0.2, 0) is 17.6 Å². The van der Waals surface area contributed by atoms with Gasteiger partial charge in [0.1, 0.15) is 6.07 Å². The van der Waals surface area contributed by atoms with Crippen LogP contribution < -0.4 is 4.74 Å². The quantitative estimate of drug-likeness (QED) is 0.778. The number of rotatable bonds is 4. The summed E-state index contributed by atoms with van der Waals surface area (Å²) in [6, 6.07) is 3.92. The van der Waals surface area contributed by atoms with E-state index in [1.54, 1.807) is 0 Å². The van der Waals surface area contributed by atoms with E-state index in [2.05, 4.69) is 4.98 Å². The predicted octanol–water partition coefficient (Wildman–Crippen LogP) is 2.18. The zero-order valence-electron chi connectivity index (χ0n) is 10.2. The molecule has 0 radical (unpaired) electrons. The summed E-state index contributed by atoms with van der Waals surface area (Å²) in [6.45, 7) is 2.35. The molecule has 1 aliphatic carbocycles. The van der Waals surface area contributed by atoms with E-state index in [0.717, 1.165) is 25.0 Å². The molecule has 5 heteroatoms. The molecule has 1 aromatic rings. The van der Waals surface area contributed by atoms with Crippen LogP contribution in [0.3, 0.4) is 0 Å². The number of hydrogen-bond acceptors (Lipinski definition) is 5. The Labute approximate surface area is 112 Å². The van der Waals surface area contributed by atoms with Crippen molar-refractivity contribution in [1.29, 1.82) is 5.26 Å². The normalized spacial score (nSPS) is 12.7. The van der Waals surface area contributed by atoms with E-state index in [9.17, 15) is 0 Å². The summed E-state index contributed by atoms with van der Waals surface area (Å²) < 4.78 is 10.7. The molecule has 0 atom stereocenters. The number of fused-ring (bicyclic) bond motifs is 1. The zero-order valence-corrected chi connectivity index (χ0v) is 11.0. The molecule has 0 aromatic carbocycles. The molecule has 0 bridgehead atoms. The highest BCUT2D eigenvalue weighted by atomic mass is 32.1. The minimum Gasteiger partial charge on any atom is -0.483 e. The van der Waals surface area contributed by atoms with Gasteiger partial charge in [-0.25, -0.2) is 4.98 Å². The van der Waals surface area contributed by atoms with Gasteiger partial charge in [-0.3, -0.25) is 0 Å². The van der Waals surface area contributed by atoms with E-state index >= 15 is 0 Å². The molecule has 1 heterocycles. The van der Waals surface area contributed by atoms with E-state index < -0.39 is 0 Å². The Morgan fingerprint density at radius 2 is 2.39 bits per heavy atom. The molecule has 0 amide bonds. The summed E-state index contributed by atoms with van der Waals surface area (Å²) in [5, 5.41) is 8.97. The maximum Gasteiger partial charge on any atom is 0.226 e. The molecule has 0 N–H and O–H groups in total. The summed E-state index contributed by atoms with van der Waals surface area (Å²) in [5.74, 6) is 0.413. The van der Waals surface area contributed by atoms with Crippen molar-refractivity contribution in [1.82, 2.24) is 4.98 Å². The Morgan fingerprint density at radius 3 is 3.11 bits per heavy atom. The van der Waals surface area contributed by atoms with Crippen molar-refractivity contribution in [2.45, 2.75) is 26.2 Å². The number of ether oxygens (including phenoxy) is 2. The second kappa shape index (κ2) is 5.78. The Hall–Kier alpha value is -1.67. The van der Waals surface area contributed by atoms with Crippen LogP contribution in [0.15, 0.2) is 6.07 Å². The minimum absolute atomic E-state index is 0.0342. The van der Waals surface area contributed by atoms with Crippen LogP contribution in [0, 0.1) is 11.3 Å². The van der Waals surface area contributed by atoms with Gasteiger partial charge in [-0.2, -0.15) is 5.26 Å². The van der Waals surface area contributed by atoms with Crippen LogP contribution in [-0.4, -0.2) is 23.2 Å². The molecular formula is C13H14N2O2S. The van der Waals surface area contributed by atoms with E-state index in [0.29, 0.717) is 23.1 Å². The zero-order chi connectivity index (χ0) is 13.0. The summed E-state index contributed by atoms with van der Waals surface area (Å²) >= 11 is 5.20. The standard InChI is InChI=1S/C13H14N2O2S/c1-2-16-13(18)10-8-9-4-3-5-11(9)15-12(10)17-7-6-14/h8H,2-5,7H2,1H3. The highest BCUT2D eigenvalue weighted by Crippen LogP contribution is 2.27. The highest BCUT2D eigenvalue weighted by Gasteiger charge is 2.20. The maximum absolute atomic E-state index is 8.59. The molecule has 94 valence electrons. The summed E-state index contributed by atoms with van der Waals surface area (Å²) in [6.07, 6.45) is 3.08. The van der Waals surface area contributed by atoms with Crippen molar-refractivity contribution >= 4 is 17.3 Å². The van der Waals surface area contributed by atoms with Gasteiger partial charge >= 0.3 is 0 Å². The van der Waals surface area contributed by atoms with Crippen LogP contribution in [0.2, 0.25) is 0 Å². The first-order chi connectivity index (χ1) is 8.76. The second-order valence-corrected chi connectivity index (χ2v) is 4.34. The molecule has 0 fully saturated rings. The molecule has 1 aliphatic rings. The molecule has 18 heavy (non-hydrogen) atoms. The van der Waals surface area contributed by atoms with Gasteiger partial charge < -0.3 is 9.47 Å². The Balaban J connectivity index is 2.35. The lowest BCUT2D eigenvalue weighted by Crippen LogP contribution is -2.10. The van der Waals surface area contributed by atoms with Crippen molar-refractivity contribution in [3.63, 3.8) is 0 Å². The highest BCUT2D eigenvalue weighted by molar-refractivity contribution is 7.80. The number of aryl methyl sites for hydroxylation is 2. The van der Waals surface area contributed by atoms with E-state index in [1.807, 2.05) is 19.1 Å². The van der Waals surface area contributed by atoms with Gasteiger partial charge in [0.15, 0.2) is 11.7 Å². The van der Waals surface area contributed by atoms with Crippen LogP contribution in [0.25, 0.3) is 0 Å². The summed E-state index contributed by atoms with van der Waals surface area (Å²) in [7, 11) is 0. The molecule has 0 unspecified atom stereocenters. The third-order valence-corrected chi connectivity index (χ3v) is 3.12. The Kier molecular flexibility index (Phi) is 4.11. The third kappa shape index (κ3) is 2.59. The van der Waals surface area contributed by atoms with Gasteiger partial charge in [0.25, 0.3) is 0 Å². The van der Waals surface area contributed by atoms with Gasteiger partial charge in [0.2, 0.25) is 5.88 Å². The Bertz CT molecular complexity index is 508. The fraction of sp³-hybridized carbons (Fsp3) is 0.462. The number of nitrogens with zero attached hydrogens (tertiary/aromatic N) is 2. The lowest BCUT2D eigenvalue weighted by molar-refractivity contribution is 0.327. The second-order valence-electron chi connectivity index (χ2n) is 3.97. The third-order valence-electron chi connectivity index (χ3n) is 2.78. The predicted molar refractivity (Wildman–Crippen MR) is 70.7 cm³/mol. The number of pyridine rings is 1. The smallest absolute Gasteiger partial charge is 0.226 e. The summed E-state index contributed by atoms with van der Waals surface area (Å²) in [4.78, 5) is 4.45. The first-order valence-corrected chi connectivity index (χ1v) is 6.36. The number of nitriles is 1. The van der Waals surface area contributed by atoms with Gasteiger partial charge in [-0.1, -0.05) is 0 Å². The number of hydrogen-bond donors (Lipinski definition) is 0. The van der Waals surface area contributed by atoms with E-state index in [-0.39, 0.29) is 6.61 Å². The van der Waals surface area contributed by atoms with Gasteiger partial charge in [0.05, 0.1) is 12.2 Å². The fourth-order valence-electron chi connectivity index (χ4n) is 2.02. The van der Waals surface area contributed by atoms with E-state index in [1.165, 1.54) is 5.56 Å². The molecular weight excluding hydrogens is 248 g/mol. The van der Waals surface area contributed by atoms with Crippen molar-refractivity contribution in [2.24, 2.45) is 0 Å². The van der Waals surface area contributed by atoms with Gasteiger partial charge in [-0.05, 0) is 50.0 Å². The number of aromatic nitrogens is 1. The molecule has 0 saturated carbocycles. The maximum atomic E-state index is 8.59. The molecule has 0 aliphatic heterocycles. The lowest BCUT2D eigenvalue weighted by atomic mass is 10.1. The van der Waals surface area contributed by atoms with Crippen LogP contribution in [0.5, 0.6) is 5.88 Å². The van der Waals surface area contributed by atoms with Crippen molar-refractivity contribution in [2.75, 3.05) is 13.2 Å². The van der Waals surface area contributed by atoms with Crippen molar-refractivity contribution < 1.29 is 9.47 Å². The average molecular weight is 262 g/mol. The SMILES string of the molecule is CCOC(=S)c1cc2c(nc1OCC#N)CCC2. The van der Waals surface area contributed by atoms with Crippen LogP contribution >= 0.6 is 12.2 Å². The molecule has 4 nitrogen and oxygen atoms in total. The van der Waals surface area contributed by atoms with Crippen molar-refractivity contribution in [3.8, 4) is 11.9 Å². The molecule has 0 saturated heterocycles. The van der Waals surface area contributed by atoms with E-state index in [4.69, 9.17) is 27.0 Å². The average Bonchev–Trinajstić information content (AvgIpc) is 2.82. The van der Waals surface area contributed by atoms with Crippen LogP contribution in [0.4, 0.5) is 0 Å². The first-order valence-electron chi connectivity index (χ1n) is 5.96. The minimum atomic E-state index is -0.0342. The van der Waals surface area contributed by atoms with Gasteiger partial charge in [-0.15, -0.1) is 0 Å².